The zero-order valence-corrected chi connectivity index (χ0v) is 13.8. The number of rotatable bonds is 2. The lowest BCUT2D eigenvalue weighted by Gasteiger charge is -2.07. The molecule has 0 saturated heterocycles. The molecule has 0 aliphatic carbocycles. The third-order valence-electron chi connectivity index (χ3n) is 4.11. The average Bonchev–Trinajstić information content (AvgIpc) is 3.08. The molecule has 0 bridgehead atoms. The summed E-state index contributed by atoms with van der Waals surface area (Å²) >= 11 is 1.42. The van der Waals surface area contributed by atoms with Crippen LogP contribution >= 0.6 is 11.3 Å². The normalized spacial score (nSPS) is 10.7. The maximum atomic E-state index is 10.4. The number of nitrogens with zero attached hydrogens (tertiary/aromatic N) is 2. The van der Waals surface area contributed by atoms with Crippen molar-refractivity contribution in [1.82, 2.24) is 4.98 Å². The van der Waals surface area contributed by atoms with Gasteiger partial charge in [-0.25, -0.2) is 4.98 Å². The number of phenols is 1. The summed E-state index contributed by atoms with van der Waals surface area (Å²) in [5.74, 6) is 0.199. The van der Waals surface area contributed by atoms with Gasteiger partial charge in [0, 0.05) is 16.5 Å². The molecule has 2 heterocycles. The third kappa shape index (κ3) is 2.49. The highest BCUT2D eigenvalue weighted by Crippen LogP contribution is 2.40. The van der Waals surface area contributed by atoms with E-state index < -0.39 is 0 Å². The maximum Gasteiger partial charge on any atom is 0.145 e. The molecule has 4 nitrogen and oxygen atoms in total. The van der Waals surface area contributed by atoms with Gasteiger partial charge in [-0.3, -0.25) is 0 Å². The lowest BCUT2D eigenvalue weighted by molar-refractivity contribution is 0.477. The van der Waals surface area contributed by atoms with Gasteiger partial charge < -0.3 is 10.2 Å². The molecule has 4 rings (SSSR count). The molecule has 5 heteroatoms. The van der Waals surface area contributed by atoms with Crippen molar-refractivity contribution >= 4 is 21.6 Å². The molecule has 0 atom stereocenters. The van der Waals surface area contributed by atoms with Crippen LogP contribution in [0, 0.1) is 11.3 Å². The van der Waals surface area contributed by atoms with E-state index in [4.69, 9.17) is 5.26 Å². The van der Waals surface area contributed by atoms with Crippen LogP contribution in [-0.4, -0.2) is 15.2 Å². The number of aromatic nitrogens is 1. The van der Waals surface area contributed by atoms with Crippen LogP contribution in [0.5, 0.6) is 11.5 Å². The molecule has 120 valence electrons. The Morgan fingerprint density at radius 3 is 2.28 bits per heavy atom. The Bertz CT molecular complexity index is 1120. The highest BCUT2D eigenvalue weighted by molar-refractivity contribution is 7.17. The predicted molar refractivity (Wildman–Crippen MR) is 98.5 cm³/mol. The first-order valence-electron chi connectivity index (χ1n) is 7.57. The highest BCUT2D eigenvalue weighted by atomic mass is 32.1. The second-order valence-corrected chi connectivity index (χ2v) is 6.41. The van der Waals surface area contributed by atoms with E-state index in [-0.39, 0.29) is 17.1 Å². The van der Waals surface area contributed by atoms with Crippen LogP contribution in [0.15, 0.2) is 60.1 Å². The van der Waals surface area contributed by atoms with Crippen molar-refractivity contribution in [2.24, 2.45) is 0 Å². The van der Waals surface area contributed by atoms with Crippen LogP contribution < -0.4 is 0 Å². The van der Waals surface area contributed by atoms with Gasteiger partial charge >= 0.3 is 0 Å². The molecule has 25 heavy (non-hydrogen) atoms. The first-order chi connectivity index (χ1) is 12.2. The number of para-hydroxylation sites is 1. The summed E-state index contributed by atoms with van der Waals surface area (Å²) in [5.41, 5.74) is 3.59. The number of hydrogen-bond donors (Lipinski definition) is 2. The van der Waals surface area contributed by atoms with Gasteiger partial charge in [-0.05, 0) is 17.2 Å². The molecule has 0 saturated carbocycles. The minimum Gasteiger partial charge on any atom is -0.507 e. The van der Waals surface area contributed by atoms with E-state index in [0.29, 0.717) is 10.2 Å². The molecule has 0 fully saturated rings. The molecule has 0 aliphatic heterocycles. The van der Waals surface area contributed by atoms with E-state index >= 15 is 0 Å². The average molecular weight is 344 g/mol. The Kier molecular flexibility index (Phi) is 3.60. The summed E-state index contributed by atoms with van der Waals surface area (Å²) in [6.07, 6.45) is 1.39. The van der Waals surface area contributed by atoms with E-state index in [1.165, 1.54) is 17.5 Å². The number of pyridine rings is 1. The molecular formula is C20H12N2O2S. The van der Waals surface area contributed by atoms with Crippen molar-refractivity contribution in [2.45, 2.75) is 0 Å². The topological polar surface area (TPSA) is 77.1 Å². The zero-order chi connectivity index (χ0) is 17.4. The SMILES string of the molecule is N#Cc1cnc2scc(-c3ccc(-c4ccccc4O)cc3)c2c1O. The smallest absolute Gasteiger partial charge is 0.145 e. The summed E-state index contributed by atoms with van der Waals surface area (Å²) in [6.45, 7) is 0. The molecule has 0 aliphatic rings. The summed E-state index contributed by atoms with van der Waals surface area (Å²) in [7, 11) is 0. The number of nitriles is 1. The molecule has 0 unspecified atom stereocenters. The van der Waals surface area contributed by atoms with Gasteiger partial charge in [-0.15, -0.1) is 11.3 Å². The first-order valence-corrected chi connectivity index (χ1v) is 8.45. The molecule has 0 radical (unpaired) electrons. The van der Waals surface area contributed by atoms with Crippen LogP contribution in [-0.2, 0) is 0 Å². The molecule has 0 amide bonds. The molecule has 2 N–H and O–H groups in total. The monoisotopic (exact) mass is 344 g/mol. The van der Waals surface area contributed by atoms with Crippen LogP contribution in [0.1, 0.15) is 5.56 Å². The Hall–Kier alpha value is -3.36. The maximum absolute atomic E-state index is 10.4. The third-order valence-corrected chi connectivity index (χ3v) is 4.99. The fraction of sp³-hybridized carbons (Fsp3) is 0. The summed E-state index contributed by atoms with van der Waals surface area (Å²) < 4.78 is 0. The van der Waals surface area contributed by atoms with Crippen LogP contribution in [0.2, 0.25) is 0 Å². The van der Waals surface area contributed by atoms with Gasteiger partial charge in [0.25, 0.3) is 0 Å². The lowest BCUT2D eigenvalue weighted by atomic mass is 9.99. The number of hydrogen-bond acceptors (Lipinski definition) is 5. The largest absolute Gasteiger partial charge is 0.507 e. The Balaban J connectivity index is 1.83. The molecular weight excluding hydrogens is 332 g/mol. The second-order valence-electron chi connectivity index (χ2n) is 5.56. The number of thiophene rings is 1. The van der Waals surface area contributed by atoms with Crippen molar-refractivity contribution in [2.75, 3.05) is 0 Å². The summed E-state index contributed by atoms with van der Waals surface area (Å²) in [4.78, 5) is 4.93. The first kappa shape index (κ1) is 15.2. The van der Waals surface area contributed by atoms with E-state index in [2.05, 4.69) is 4.98 Å². The van der Waals surface area contributed by atoms with Gasteiger partial charge in [0.05, 0.1) is 11.6 Å². The van der Waals surface area contributed by atoms with Crippen molar-refractivity contribution in [1.29, 1.82) is 5.26 Å². The number of fused-ring (bicyclic) bond motifs is 1. The minimum absolute atomic E-state index is 0.0338. The highest BCUT2D eigenvalue weighted by Gasteiger charge is 2.15. The number of aromatic hydroxyl groups is 2. The number of benzene rings is 2. The van der Waals surface area contributed by atoms with E-state index in [0.717, 1.165) is 22.3 Å². The van der Waals surface area contributed by atoms with E-state index in [1.807, 2.05) is 47.8 Å². The summed E-state index contributed by atoms with van der Waals surface area (Å²) in [5, 5.41) is 32.0. The Labute approximate surface area is 147 Å². The Morgan fingerprint density at radius 2 is 1.60 bits per heavy atom. The summed E-state index contributed by atoms with van der Waals surface area (Å²) in [6, 6.07) is 16.8. The predicted octanol–water partition coefficient (Wildman–Crippen LogP) is 4.91. The molecule has 2 aromatic heterocycles. The van der Waals surface area contributed by atoms with Gasteiger partial charge in [-0.2, -0.15) is 5.26 Å². The Morgan fingerprint density at radius 1 is 0.920 bits per heavy atom. The fourth-order valence-corrected chi connectivity index (χ4v) is 3.75. The lowest BCUT2D eigenvalue weighted by Crippen LogP contribution is -1.84. The van der Waals surface area contributed by atoms with Gasteiger partial charge in [0.15, 0.2) is 0 Å². The van der Waals surface area contributed by atoms with Gasteiger partial charge in [-0.1, -0.05) is 42.5 Å². The van der Waals surface area contributed by atoms with Crippen molar-refractivity contribution < 1.29 is 10.2 Å². The molecule has 4 aromatic rings. The van der Waals surface area contributed by atoms with Crippen molar-refractivity contribution in [3.63, 3.8) is 0 Å². The van der Waals surface area contributed by atoms with Crippen molar-refractivity contribution in [3.05, 3.63) is 65.7 Å². The second kappa shape index (κ2) is 5.93. The van der Waals surface area contributed by atoms with Crippen LogP contribution in [0.3, 0.4) is 0 Å². The van der Waals surface area contributed by atoms with Crippen LogP contribution in [0.4, 0.5) is 0 Å². The zero-order valence-electron chi connectivity index (χ0n) is 13.0. The fourth-order valence-electron chi connectivity index (χ4n) is 2.83. The minimum atomic E-state index is -0.0338. The van der Waals surface area contributed by atoms with E-state index in [9.17, 15) is 10.2 Å². The van der Waals surface area contributed by atoms with Gasteiger partial charge in [0.1, 0.15) is 28.0 Å². The van der Waals surface area contributed by atoms with Crippen molar-refractivity contribution in [3.8, 4) is 39.8 Å². The van der Waals surface area contributed by atoms with Crippen LogP contribution in [0.25, 0.3) is 32.5 Å². The standard InChI is InChI=1S/C20H12N2O2S/c21-9-14-10-22-20-18(19(14)24)16(11-25-20)13-7-5-12(6-8-13)15-3-1-2-4-17(15)23/h1-8,10-11,23H,(H,22,24). The van der Waals surface area contributed by atoms with Gasteiger partial charge in [0.2, 0.25) is 0 Å². The molecule has 0 spiro atoms. The quantitative estimate of drug-likeness (QED) is 0.541. The van der Waals surface area contributed by atoms with E-state index in [1.54, 1.807) is 12.1 Å². The number of phenolic OH excluding ortho intramolecular Hbond substituents is 1. The molecule has 2 aromatic carbocycles.